The van der Waals surface area contributed by atoms with Crippen LogP contribution in [0.5, 0.6) is 5.75 Å². The van der Waals surface area contributed by atoms with E-state index in [1.54, 1.807) is 11.8 Å². The van der Waals surface area contributed by atoms with Crippen molar-refractivity contribution >= 4 is 28.8 Å². The van der Waals surface area contributed by atoms with E-state index in [9.17, 15) is 5.11 Å². The third kappa shape index (κ3) is 8.44. The van der Waals surface area contributed by atoms with Crippen LogP contribution in [0, 0.1) is 0 Å². The SMILES string of the molecule is CC(C)N(CCOCCSc1cc(C(C)(C)C)c(O)c(C(C)(C)C)c1)c1ccc(Nc2ccccc2)cc1. The predicted octanol–water partition coefficient (Wildman–Crippen LogP) is 8.75. The number of anilines is 3. The van der Waals surface area contributed by atoms with Gasteiger partial charge in [-0.1, -0.05) is 59.7 Å². The van der Waals surface area contributed by atoms with Gasteiger partial charge in [0.05, 0.1) is 13.2 Å². The van der Waals surface area contributed by atoms with Gasteiger partial charge in [-0.2, -0.15) is 0 Å². The molecule has 0 radical (unpaired) electrons. The van der Waals surface area contributed by atoms with Crippen LogP contribution >= 0.6 is 11.8 Å². The molecule has 0 saturated carbocycles. The van der Waals surface area contributed by atoms with Crippen LogP contribution in [0.15, 0.2) is 71.6 Å². The summed E-state index contributed by atoms with van der Waals surface area (Å²) in [7, 11) is 0. The summed E-state index contributed by atoms with van der Waals surface area (Å²) in [5.74, 6) is 1.31. The number of ether oxygens (including phenoxy) is 1. The first-order valence-corrected chi connectivity index (χ1v) is 14.6. The molecule has 3 aromatic rings. The largest absolute Gasteiger partial charge is 0.507 e. The molecule has 3 rings (SSSR count). The van der Waals surface area contributed by atoms with Crippen molar-refractivity contribution in [3.63, 3.8) is 0 Å². The lowest BCUT2D eigenvalue weighted by atomic mass is 9.79. The van der Waals surface area contributed by atoms with Crippen molar-refractivity contribution < 1.29 is 9.84 Å². The molecule has 5 heteroatoms. The molecule has 0 aliphatic heterocycles. The van der Waals surface area contributed by atoms with Gasteiger partial charge in [0.1, 0.15) is 5.75 Å². The van der Waals surface area contributed by atoms with Crippen LogP contribution in [0.3, 0.4) is 0 Å². The van der Waals surface area contributed by atoms with Crippen molar-refractivity contribution in [3.8, 4) is 5.75 Å². The van der Waals surface area contributed by atoms with Gasteiger partial charge in [0.2, 0.25) is 0 Å². The molecule has 4 nitrogen and oxygen atoms in total. The number of nitrogens with one attached hydrogen (secondary N) is 1. The maximum atomic E-state index is 11.0. The normalized spacial score (nSPS) is 12.1. The zero-order valence-electron chi connectivity index (χ0n) is 24.5. The van der Waals surface area contributed by atoms with E-state index in [0.717, 1.165) is 34.8 Å². The average molecular weight is 535 g/mol. The monoisotopic (exact) mass is 534 g/mol. The molecular formula is C33H46N2O2S. The molecule has 0 saturated heterocycles. The van der Waals surface area contributed by atoms with Gasteiger partial charge in [0.15, 0.2) is 0 Å². The topological polar surface area (TPSA) is 44.7 Å². The van der Waals surface area contributed by atoms with E-state index in [1.807, 2.05) is 18.2 Å². The van der Waals surface area contributed by atoms with Gasteiger partial charge in [0.25, 0.3) is 0 Å². The second-order valence-electron chi connectivity index (χ2n) is 12.2. The number of hydrogen-bond acceptors (Lipinski definition) is 5. The highest BCUT2D eigenvalue weighted by molar-refractivity contribution is 7.99. The lowest BCUT2D eigenvalue weighted by molar-refractivity contribution is 0.155. The summed E-state index contributed by atoms with van der Waals surface area (Å²) in [4.78, 5) is 3.57. The average Bonchev–Trinajstić information content (AvgIpc) is 2.84. The smallest absolute Gasteiger partial charge is 0.123 e. The van der Waals surface area contributed by atoms with Gasteiger partial charge in [-0.25, -0.2) is 0 Å². The van der Waals surface area contributed by atoms with Crippen molar-refractivity contribution in [1.82, 2.24) is 0 Å². The second-order valence-corrected chi connectivity index (χ2v) is 13.3. The molecule has 3 aromatic carbocycles. The molecule has 0 atom stereocenters. The summed E-state index contributed by atoms with van der Waals surface area (Å²) in [6.07, 6.45) is 0. The molecule has 0 unspecified atom stereocenters. The second kappa shape index (κ2) is 12.9. The minimum Gasteiger partial charge on any atom is -0.507 e. The molecule has 0 aromatic heterocycles. The van der Waals surface area contributed by atoms with Gasteiger partial charge < -0.3 is 20.1 Å². The van der Waals surface area contributed by atoms with Gasteiger partial charge in [0, 0.05) is 51.4 Å². The van der Waals surface area contributed by atoms with Crippen LogP contribution in [-0.4, -0.2) is 36.7 Å². The first-order valence-electron chi connectivity index (χ1n) is 13.6. The van der Waals surface area contributed by atoms with E-state index in [4.69, 9.17) is 4.74 Å². The molecular weight excluding hydrogens is 488 g/mol. The van der Waals surface area contributed by atoms with E-state index >= 15 is 0 Å². The Hall–Kier alpha value is -2.63. The molecule has 206 valence electrons. The van der Waals surface area contributed by atoms with Crippen molar-refractivity contribution in [2.75, 3.05) is 35.7 Å². The highest BCUT2D eigenvalue weighted by Gasteiger charge is 2.26. The van der Waals surface area contributed by atoms with Crippen molar-refractivity contribution in [1.29, 1.82) is 0 Å². The minimum atomic E-state index is -0.118. The predicted molar refractivity (Wildman–Crippen MR) is 166 cm³/mol. The summed E-state index contributed by atoms with van der Waals surface area (Å²) >= 11 is 1.80. The standard InChI is InChI=1S/C33H46N2O2S/c1-24(2)35(27-16-14-26(15-17-27)34-25-12-10-9-11-13-25)18-19-37-20-21-38-28-22-29(32(3,4)5)31(36)30(23-28)33(6,7)8/h9-17,22-24,34,36H,18-21H2,1-8H3. The molecule has 2 N–H and O–H groups in total. The Bertz CT molecular complexity index is 1110. The first kappa shape index (κ1) is 29.9. The molecule has 0 bridgehead atoms. The van der Waals surface area contributed by atoms with Crippen LogP contribution in [0.2, 0.25) is 0 Å². The number of benzene rings is 3. The lowest BCUT2D eigenvalue weighted by Crippen LogP contribution is -2.34. The van der Waals surface area contributed by atoms with Crippen LogP contribution in [0.4, 0.5) is 17.1 Å². The van der Waals surface area contributed by atoms with E-state index in [1.165, 1.54) is 10.6 Å². The van der Waals surface area contributed by atoms with Gasteiger partial charge in [-0.05, 0) is 73.2 Å². The third-order valence-electron chi connectivity index (χ3n) is 6.56. The Kier molecular flexibility index (Phi) is 10.2. The number of aromatic hydroxyl groups is 1. The summed E-state index contributed by atoms with van der Waals surface area (Å²) in [6.45, 7) is 19.6. The number of para-hydroxylation sites is 1. The number of thioether (sulfide) groups is 1. The fraction of sp³-hybridized carbons (Fsp3) is 0.455. The maximum absolute atomic E-state index is 11.0. The van der Waals surface area contributed by atoms with E-state index in [2.05, 4.69) is 114 Å². The number of phenols is 1. The highest BCUT2D eigenvalue weighted by atomic mass is 32.2. The number of hydrogen-bond donors (Lipinski definition) is 2. The summed E-state index contributed by atoms with van der Waals surface area (Å²) in [5.41, 5.74) is 5.14. The van der Waals surface area contributed by atoms with E-state index in [-0.39, 0.29) is 10.8 Å². The maximum Gasteiger partial charge on any atom is 0.123 e. The Morgan fingerprint density at radius 2 is 1.37 bits per heavy atom. The van der Waals surface area contributed by atoms with Gasteiger partial charge in [-0.15, -0.1) is 11.8 Å². The Morgan fingerprint density at radius 3 is 1.89 bits per heavy atom. The molecule has 0 fully saturated rings. The van der Waals surface area contributed by atoms with E-state index in [0.29, 0.717) is 25.0 Å². The van der Waals surface area contributed by atoms with Gasteiger partial charge >= 0.3 is 0 Å². The molecule has 38 heavy (non-hydrogen) atoms. The van der Waals surface area contributed by atoms with Crippen LogP contribution in [0.25, 0.3) is 0 Å². The third-order valence-corrected chi connectivity index (χ3v) is 7.50. The fourth-order valence-corrected chi connectivity index (χ4v) is 5.27. The summed E-state index contributed by atoms with van der Waals surface area (Å²) in [5, 5.41) is 14.4. The van der Waals surface area contributed by atoms with Crippen LogP contribution in [-0.2, 0) is 15.6 Å². The summed E-state index contributed by atoms with van der Waals surface area (Å²) < 4.78 is 6.05. The minimum absolute atomic E-state index is 0.118. The quantitative estimate of drug-likeness (QED) is 0.190. The van der Waals surface area contributed by atoms with Gasteiger partial charge in [-0.3, -0.25) is 0 Å². The van der Waals surface area contributed by atoms with Crippen molar-refractivity contribution in [2.24, 2.45) is 0 Å². The zero-order chi connectivity index (χ0) is 27.9. The Balaban J connectivity index is 1.52. The molecule has 0 heterocycles. The lowest BCUT2D eigenvalue weighted by Gasteiger charge is -2.29. The molecule has 0 aliphatic carbocycles. The Labute approximate surface area is 234 Å². The molecule has 0 amide bonds. The number of rotatable bonds is 11. The number of nitrogens with zero attached hydrogens (tertiary/aromatic N) is 1. The first-order chi connectivity index (χ1) is 17.9. The Morgan fingerprint density at radius 1 is 0.816 bits per heavy atom. The van der Waals surface area contributed by atoms with Crippen LogP contribution in [0.1, 0.15) is 66.5 Å². The highest BCUT2D eigenvalue weighted by Crippen LogP contribution is 2.41. The van der Waals surface area contributed by atoms with Crippen molar-refractivity contribution in [2.45, 2.75) is 77.2 Å². The summed E-state index contributed by atoms with van der Waals surface area (Å²) in [6, 6.07) is 23.5. The fourth-order valence-electron chi connectivity index (χ4n) is 4.43. The molecule has 0 spiro atoms. The van der Waals surface area contributed by atoms with E-state index < -0.39 is 0 Å². The number of phenolic OH excluding ortho intramolecular Hbond substituents is 1. The molecule has 0 aliphatic rings. The van der Waals surface area contributed by atoms with Crippen LogP contribution < -0.4 is 10.2 Å². The zero-order valence-corrected chi connectivity index (χ0v) is 25.3. The van der Waals surface area contributed by atoms with Crippen molar-refractivity contribution in [3.05, 3.63) is 77.9 Å².